The number of carbonyl (C=O) groups is 1. The normalized spacial score (nSPS) is 27.3. The Labute approximate surface area is 147 Å². The van der Waals surface area contributed by atoms with Crippen molar-refractivity contribution >= 4 is 17.6 Å². The molecule has 1 aliphatic heterocycles. The summed E-state index contributed by atoms with van der Waals surface area (Å²) in [6.07, 6.45) is 2.77. The third-order valence-corrected chi connectivity index (χ3v) is 5.26. The first-order valence-corrected chi connectivity index (χ1v) is 8.84. The van der Waals surface area contributed by atoms with E-state index in [1.54, 1.807) is 20.2 Å². The summed E-state index contributed by atoms with van der Waals surface area (Å²) in [4.78, 5) is 19.2. The van der Waals surface area contributed by atoms with Gasteiger partial charge in [-0.2, -0.15) is 0 Å². The molecule has 2 fully saturated rings. The zero-order chi connectivity index (χ0) is 17.3. The van der Waals surface area contributed by atoms with Crippen molar-refractivity contribution in [3.8, 4) is 0 Å². The minimum absolute atomic E-state index is 0.154. The van der Waals surface area contributed by atoms with Crippen molar-refractivity contribution in [1.29, 1.82) is 0 Å². The van der Waals surface area contributed by atoms with Crippen molar-refractivity contribution < 1.29 is 14.0 Å². The summed E-state index contributed by atoms with van der Waals surface area (Å²) in [5.74, 6) is -0.759. The molecule has 0 atom stereocenters. The molecule has 6 heteroatoms. The van der Waals surface area contributed by atoms with Gasteiger partial charge in [0.05, 0.1) is 5.92 Å². The van der Waals surface area contributed by atoms with E-state index in [4.69, 9.17) is 16.4 Å². The predicted molar refractivity (Wildman–Crippen MR) is 91.3 cm³/mol. The maximum Gasteiger partial charge on any atom is 0.328 e. The monoisotopic (exact) mass is 354 g/mol. The fourth-order valence-electron chi connectivity index (χ4n) is 3.51. The van der Waals surface area contributed by atoms with Crippen LogP contribution in [-0.2, 0) is 21.8 Å². The maximum absolute atomic E-state index is 15.0. The Bertz CT molecular complexity index is 611. The first-order valence-electron chi connectivity index (χ1n) is 8.47. The molecule has 0 N–H and O–H groups in total. The van der Waals surface area contributed by atoms with Crippen LogP contribution < -0.4 is 0 Å². The Hall–Kier alpha value is -1.17. The van der Waals surface area contributed by atoms with Gasteiger partial charge < -0.3 is 4.84 Å². The number of carbonyl (C=O) groups excluding carboxylic acids is 1. The van der Waals surface area contributed by atoms with Gasteiger partial charge in [0.25, 0.3) is 0 Å². The molecule has 1 heterocycles. The number of nitrogens with zero attached hydrogens (tertiary/aromatic N) is 2. The zero-order valence-electron chi connectivity index (χ0n) is 14.2. The smallest absolute Gasteiger partial charge is 0.328 e. The summed E-state index contributed by atoms with van der Waals surface area (Å²) in [7, 11) is 3.27. The topological polar surface area (TPSA) is 32.8 Å². The van der Waals surface area contributed by atoms with Gasteiger partial charge in [-0.15, -0.1) is 5.06 Å². The summed E-state index contributed by atoms with van der Waals surface area (Å²) in [6, 6.07) is 5.45. The lowest BCUT2D eigenvalue weighted by molar-refractivity contribution is -0.193. The van der Waals surface area contributed by atoms with Gasteiger partial charge in [-0.1, -0.05) is 23.7 Å². The third-order valence-electron chi connectivity index (χ3n) is 4.91. The van der Waals surface area contributed by atoms with Crippen LogP contribution in [0.1, 0.15) is 36.8 Å². The van der Waals surface area contributed by atoms with E-state index < -0.39 is 5.67 Å². The average Bonchev–Trinajstić information content (AvgIpc) is 2.98. The van der Waals surface area contributed by atoms with Gasteiger partial charge in [-0.05, 0) is 56.0 Å². The molecule has 1 saturated heterocycles. The fraction of sp³-hybridized carbons (Fsp3) is 0.611. The van der Waals surface area contributed by atoms with E-state index in [2.05, 4.69) is 4.90 Å². The van der Waals surface area contributed by atoms with Crippen LogP contribution in [0.15, 0.2) is 18.2 Å². The molecule has 1 aromatic carbocycles. The van der Waals surface area contributed by atoms with Crippen LogP contribution in [0.5, 0.6) is 0 Å². The molecule has 2 aliphatic rings. The summed E-state index contributed by atoms with van der Waals surface area (Å²) in [6.45, 7) is 3.01. The Kier molecular flexibility index (Phi) is 5.13. The average molecular weight is 355 g/mol. The van der Waals surface area contributed by atoms with E-state index in [9.17, 15) is 4.79 Å². The van der Waals surface area contributed by atoms with Gasteiger partial charge in [-0.3, -0.25) is 9.69 Å². The van der Waals surface area contributed by atoms with Crippen LogP contribution >= 0.6 is 11.6 Å². The molecule has 0 unspecified atom stereocenters. The lowest BCUT2D eigenvalue weighted by Crippen LogP contribution is -2.43. The highest BCUT2D eigenvalue weighted by Gasteiger charge is 2.50. The third kappa shape index (κ3) is 3.73. The largest absolute Gasteiger partial charge is 0.368 e. The number of likely N-dealkylation sites (tertiary alicyclic amines) is 1. The van der Waals surface area contributed by atoms with E-state index in [-0.39, 0.29) is 24.7 Å². The van der Waals surface area contributed by atoms with E-state index in [0.29, 0.717) is 10.6 Å². The SMILES string of the molecule is CN(C)OC(=O)C1CC(F)(c2ccc(CN3CCCC3)c(Cl)c2)C1. The van der Waals surface area contributed by atoms with E-state index >= 15 is 4.39 Å². The molecule has 4 nitrogen and oxygen atoms in total. The molecule has 24 heavy (non-hydrogen) atoms. The molecule has 1 aromatic rings. The van der Waals surface area contributed by atoms with Crippen LogP contribution in [0.3, 0.4) is 0 Å². The van der Waals surface area contributed by atoms with Gasteiger partial charge >= 0.3 is 5.97 Å². The molecule has 132 valence electrons. The van der Waals surface area contributed by atoms with Crippen LogP contribution in [0, 0.1) is 5.92 Å². The highest BCUT2D eigenvalue weighted by Crippen LogP contribution is 2.50. The molecule has 0 amide bonds. The van der Waals surface area contributed by atoms with Gasteiger partial charge in [0.1, 0.15) is 5.67 Å². The standard InChI is InChI=1S/C18H24ClFN2O2/c1-21(2)24-17(23)14-10-18(20,11-14)15-6-5-13(16(19)9-15)12-22-7-3-4-8-22/h5-6,9,14H,3-4,7-8,10-12H2,1-2H3. The lowest BCUT2D eigenvalue weighted by Gasteiger charge is -2.40. The van der Waals surface area contributed by atoms with Crippen molar-refractivity contribution in [3.63, 3.8) is 0 Å². The maximum atomic E-state index is 15.0. The summed E-state index contributed by atoms with van der Waals surface area (Å²) < 4.78 is 15.0. The Balaban J connectivity index is 1.63. The fourth-order valence-corrected chi connectivity index (χ4v) is 3.75. The molecule has 0 radical (unpaired) electrons. The minimum atomic E-state index is -1.48. The van der Waals surface area contributed by atoms with E-state index in [0.717, 1.165) is 25.2 Å². The van der Waals surface area contributed by atoms with Gasteiger partial charge in [-0.25, -0.2) is 4.39 Å². The Morgan fingerprint density at radius 2 is 2.04 bits per heavy atom. The second kappa shape index (κ2) is 6.98. The number of hydrogen-bond donors (Lipinski definition) is 0. The van der Waals surface area contributed by atoms with E-state index in [1.165, 1.54) is 17.9 Å². The predicted octanol–water partition coefficient (Wildman–Crippen LogP) is 3.53. The number of alkyl halides is 1. The number of hydroxylamine groups is 2. The van der Waals surface area contributed by atoms with Crippen LogP contribution in [0.4, 0.5) is 4.39 Å². The van der Waals surface area contributed by atoms with Crippen molar-refractivity contribution in [2.75, 3.05) is 27.2 Å². The minimum Gasteiger partial charge on any atom is -0.368 e. The van der Waals surface area contributed by atoms with Crippen LogP contribution in [-0.4, -0.2) is 43.1 Å². The van der Waals surface area contributed by atoms with Crippen molar-refractivity contribution in [2.24, 2.45) is 5.92 Å². The summed E-state index contributed by atoms with van der Waals surface area (Å²) in [5.41, 5.74) is 0.117. The number of rotatable bonds is 5. The quantitative estimate of drug-likeness (QED) is 0.757. The number of halogens is 2. The zero-order valence-corrected chi connectivity index (χ0v) is 15.0. The molecule has 0 spiro atoms. The molecular formula is C18H24ClFN2O2. The highest BCUT2D eigenvalue weighted by atomic mass is 35.5. The highest BCUT2D eigenvalue weighted by molar-refractivity contribution is 6.31. The number of benzene rings is 1. The first-order chi connectivity index (χ1) is 11.4. The van der Waals surface area contributed by atoms with Crippen molar-refractivity contribution in [3.05, 3.63) is 34.3 Å². The van der Waals surface area contributed by atoms with Gasteiger partial charge in [0.15, 0.2) is 0 Å². The summed E-state index contributed by atoms with van der Waals surface area (Å²) in [5, 5.41) is 1.95. The van der Waals surface area contributed by atoms with Crippen LogP contribution in [0.2, 0.25) is 5.02 Å². The number of hydrogen-bond acceptors (Lipinski definition) is 4. The summed E-state index contributed by atoms with van der Waals surface area (Å²) >= 11 is 6.37. The first kappa shape index (κ1) is 17.6. The van der Waals surface area contributed by atoms with Crippen LogP contribution in [0.25, 0.3) is 0 Å². The molecule has 1 aliphatic carbocycles. The second-order valence-electron chi connectivity index (χ2n) is 7.08. The molecule has 3 rings (SSSR count). The van der Waals surface area contributed by atoms with E-state index in [1.807, 2.05) is 12.1 Å². The molecule has 0 aromatic heterocycles. The Morgan fingerprint density at radius 1 is 1.38 bits per heavy atom. The Morgan fingerprint density at radius 3 is 2.62 bits per heavy atom. The van der Waals surface area contributed by atoms with Crippen molar-refractivity contribution in [2.45, 2.75) is 37.9 Å². The molecule has 0 bridgehead atoms. The lowest BCUT2D eigenvalue weighted by atomic mass is 9.68. The van der Waals surface area contributed by atoms with Gasteiger partial charge in [0, 0.05) is 25.7 Å². The second-order valence-corrected chi connectivity index (χ2v) is 7.49. The van der Waals surface area contributed by atoms with Gasteiger partial charge in [0.2, 0.25) is 0 Å². The molecule has 1 saturated carbocycles. The molecular weight excluding hydrogens is 331 g/mol. The van der Waals surface area contributed by atoms with Crippen molar-refractivity contribution in [1.82, 2.24) is 9.96 Å².